The highest BCUT2D eigenvalue weighted by Crippen LogP contribution is 2.19. The number of halogens is 2. The molecule has 0 unspecified atom stereocenters. The third-order valence-corrected chi connectivity index (χ3v) is 5.23. The topological polar surface area (TPSA) is 52.7 Å². The van der Waals surface area contributed by atoms with E-state index >= 15 is 0 Å². The fourth-order valence-corrected chi connectivity index (χ4v) is 3.54. The Labute approximate surface area is 178 Å². The maximum absolute atomic E-state index is 13.1. The Balaban J connectivity index is 1.38. The van der Waals surface area contributed by atoms with Crippen molar-refractivity contribution in [1.82, 2.24) is 4.90 Å². The van der Waals surface area contributed by atoms with Crippen LogP contribution in [0, 0.1) is 11.6 Å². The Morgan fingerprint density at radius 2 is 1.35 bits per heavy atom. The largest absolute Gasteiger partial charge is 0.368 e. The van der Waals surface area contributed by atoms with E-state index in [4.69, 9.17) is 0 Å². The van der Waals surface area contributed by atoms with Gasteiger partial charge >= 0.3 is 0 Å². The molecule has 3 aromatic rings. The van der Waals surface area contributed by atoms with Gasteiger partial charge in [-0.25, -0.2) is 8.78 Å². The highest BCUT2D eigenvalue weighted by molar-refractivity contribution is 6.05. The van der Waals surface area contributed by atoms with Crippen LogP contribution in [0.4, 0.5) is 20.2 Å². The van der Waals surface area contributed by atoms with Crippen LogP contribution in [0.2, 0.25) is 0 Å². The fourth-order valence-electron chi connectivity index (χ4n) is 3.54. The van der Waals surface area contributed by atoms with Crippen LogP contribution in [-0.2, 0) is 0 Å². The average Bonchev–Trinajstić information content (AvgIpc) is 2.80. The zero-order chi connectivity index (χ0) is 21.8. The van der Waals surface area contributed by atoms with Crippen LogP contribution >= 0.6 is 0 Å². The number of carbonyl (C=O) groups is 2. The molecule has 7 heteroatoms. The molecule has 158 valence electrons. The molecule has 0 atom stereocenters. The van der Waals surface area contributed by atoms with Crippen molar-refractivity contribution in [3.8, 4) is 0 Å². The van der Waals surface area contributed by atoms with E-state index in [2.05, 4.69) is 10.2 Å². The molecule has 0 spiro atoms. The average molecular weight is 421 g/mol. The lowest BCUT2D eigenvalue weighted by atomic mass is 10.1. The first kappa shape index (κ1) is 20.5. The lowest BCUT2D eigenvalue weighted by Gasteiger charge is -2.36. The number of benzene rings is 3. The third-order valence-electron chi connectivity index (χ3n) is 5.23. The van der Waals surface area contributed by atoms with Crippen LogP contribution < -0.4 is 10.2 Å². The molecule has 2 amide bonds. The van der Waals surface area contributed by atoms with Gasteiger partial charge in [0.1, 0.15) is 11.6 Å². The van der Waals surface area contributed by atoms with Crippen LogP contribution in [0.1, 0.15) is 20.7 Å². The van der Waals surface area contributed by atoms with Gasteiger partial charge in [-0.3, -0.25) is 9.59 Å². The van der Waals surface area contributed by atoms with E-state index in [0.717, 1.165) is 5.69 Å². The summed E-state index contributed by atoms with van der Waals surface area (Å²) in [6.07, 6.45) is 0. The zero-order valence-electron chi connectivity index (χ0n) is 16.7. The third kappa shape index (κ3) is 4.88. The minimum atomic E-state index is -0.413. The summed E-state index contributed by atoms with van der Waals surface area (Å²) in [4.78, 5) is 29.2. The van der Waals surface area contributed by atoms with Crippen LogP contribution in [0.25, 0.3) is 0 Å². The molecule has 0 aromatic heterocycles. The Morgan fingerprint density at radius 3 is 2.00 bits per heavy atom. The number of carbonyl (C=O) groups excluding carboxylic acids is 2. The molecular weight excluding hydrogens is 400 g/mol. The molecule has 4 rings (SSSR count). The predicted molar refractivity (Wildman–Crippen MR) is 115 cm³/mol. The van der Waals surface area contributed by atoms with Crippen molar-refractivity contribution in [1.29, 1.82) is 0 Å². The molecule has 3 aromatic carbocycles. The standard InChI is InChI=1S/C24H21F2N3O2/c25-19-6-4-17(5-7-19)23(30)27-21-3-1-2-18(16-21)24(31)29-14-12-28(13-15-29)22-10-8-20(26)9-11-22/h1-11,16H,12-15H2,(H,27,30). The quantitative estimate of drug-likeness (QED) is 0.688. The van der Waals surface area contributed by atoms with Gasteiger partial charge in [-0.15, -0.1) is 0 Å². The van der Waals surface area contributed by atoms with Crippen molar-refractivity contribution in [2.24, 2.45) is 0 Å². The molecule has 0 bridgehead atoms. The van der Waals surface area contributed by atoms with Gasteiger partial charge in [-0.05, 0) is 66.7 Å². The van der Waals surface area contributed by atoms with Gasteiger partial charge in [0.2, 0.25) is 0 Å². The number of rotatable bonds is 4. The molecule has 1 aliphatic heterocycles. The summed E-state index contributed by atoms with van der Waals surface area (Å²) in [7, 11) is 0. The second-order valence-electron chi connectivity index (χ2n) is 7.30. The number of anilines is 2. The smallest absolute Gasteiger partial charge is 0.255 e. The number of piperazine rings is 1. The van der Waals surface area contributed by atoms with Crippen molar-refractivity contribution in [3.05, 3.63) is 95.6 Å². The van der Waals surface area contributed by atoms with Gasteiger partial charge in [0.25, 0.3) is 11.8 Å². The predicted octanol–water partition coefficient (Wildman–Crippen LogP) is 4.18. The molecule has 5 nitrogen and oxygen atoms in total. The van der Waals surface area contributed by atoms with E-state index in [1.54, 1.807) is 41.3 Å². The van der Waals surface area contributed by atoms with Crippen molar-refractivity contribution in [3.63, 3.8) is 0 Å². The lowest BCUT2D eigenvalue weighted by Crippen LogP contribution is -2.48. The van der Waals surface area contributed by atoms with Gasteiger partial charge < -0.3 is 15.1 Å². The first-order chi connectivity index (χ1) is 15.0. The Kier molecular flexibility index (Phi) is 5.93. The number of nitrogens with one attached hydrogen (secondary N) is 1. The van der Waals surface area contributed by atoms with E-state index in [0.29, 0.717) is 43.0 Å². The van der Waals surface area contributed by atoms with Crippen molar-refractivity contribution in [2.45, 2.75) is 0 Å². The van der Waals surface area contributed by atoms with Crippen LogP contribution in [0.5, 0.6) is 0 Å². The van der Waals surface area contributed by atoms with E-state index in [1.165, 1.54) is 36.4 Å². The molecule has 1 saturated heterocycles. The fraction of sp³-hybridized carbons (Fsp3) is 0.167. The van der Waals surface area contributed by atoms with Gasteiger partial charge in [-0.2, -0.15) is 0 Å². The SMILES string of the molecule is O=C(Nc1cccc(C(=O)N2CCN(c3ccc(F)cc3)CC2)c1)c1ccc(F)cc1. The Bertz CT molecular complexity index is 1080. The Hall–Kier alpha value is -3.74. The molecule has 0 radical (unpaired) electrons. The zero-order valence-corrected chi connectivity index (χ0v) is 16.7. The maximum atomic E-state index is 13.1. The van der Waals surface area contributed by atoms with Gasteiger partial charge in [0, 0.05) is 48.7 Å². The summed E-state index contributed by atoms with van der Waals surface area (Å²) in [5.74, 6) is -1.18. The molecule has 1 heterocycles. The molecule has 1 N–H and O–H groups in total. The molecular formula is C24H21F2N3O2. The Morgan fingerprint density at radius 1 is 0.742 bits per heavy atom. The van der Waals surface area contributed by atoms with Crippen LogP contribution in [0.3, 0.4) is 0 Å². The number of hydrogen-bond acceptors (Lipinski definition) is 3. The van der Waals surface area contributed by atoms with E-state index < -0.39 is 5.82 Å². The minimum Gasteiger partial charge on any atom is -0.368 e. The highest BCUT2D eigenvalue weighted by atomic mass is 19.1. The van der Waals surface area contributed by atoms with Crippen LogP contribution in [-0.4, -0.2) is 42.9 Å². The number of hydrogen-bond donors (Lipinski definition) is 1. The summed E-state index contributed by atoms with van der Waals surface area (Å²) in [6, 6.07) is 18.3. The summed E-state index contributed by atoms with van der Waals surface area (Å²) in [5.41, 5.74) is 2.23. The van der Waals surface area contributed by atoms with Crippen molar-refractivity contribution >= 4 is 23.2 Å². The van der Waals surface area contributed by atoms with Gasteiger partial charge in [0.15, 0.2) is 0 Å². The molecule has 0 saturated carbocycles. The van der Waals surface area contributed by atoms with Crippen molar-refractivity contribution in [2.75, 3.05) is 36.4 Å². The minimum absolute atomic E-state index is 0.114. The number of amides is 2. The maximum Gasteiger partial charge on any atom is 0.255 e. The molecule has 1 aliphatic rings. The van der Waals surface area contributed by atoms with E-state index in [1.807, 2.05) is 0 Å². The van der Waals surface area contributed by atoms with E-state index in [9.17, 15) is 18.4 Å². The highest BCUT2D eigenvalue weighted by Gasteiger charge is 2.22. The normalized spacial score (nSPS) is 13.7. The second kappa shape index (κ2) is 8.95. The monoisotopic (exact) mass is 421 g/mol. The summed E-state index contributed by atoms with van der Waals surface area (Å²) in [6.45, 7) is 2.39. The first-order valence-electron chi connectivity index (χ1n) is 9.96. The molecule has 1 fully saturated rings. The van der Waals surface area contributed by atoms with Gasteiger partial charge in [0.05, 0.1) is 0 Å². The number of nitrogens with zero attached hydrogens (tertiary/aromatic N) is 2. The summed E-state index contributed by atoms with van der Waals surface area (Å²) < 4.78 is 26.2. The lowest BCUT2D eigenvalue weighted by molar-refractivity contribution is 0.0746. The second-order valence-corrected chi connectivity index (χ2v) is 7.30. The summed E-state index contributed by atoms with van der Waals surface area (Å²) in [5, 5.41) is 2.74. The molecule has 31 heavy (non-hydrogen) atoms. The van der Waals surface area contributed by atoms with Crippen molar-refractivity contribution < 1.29 is 18.4 Å². The summed E-state index contributed by atoms with van der Waals surface area (Å²) >= 11 is 0. The van der Waals surface area contributed by atoms with Crippen LogP contribution in [0.15, 0.2) is 72.8 Å². The van der Waals surface area contributed by atoms with Gasteiger partial charge in [-0.1, -0.05) is 6.07 Å². The molecule has 0 aliphatic carbocycles. The van der Waals surface area contributed by atoms with E-state index in [-0.39, 0.29) is 17.6 Å². The first-order valence-corrected chi connectivity index (χ1v) is 9.96.